The number of methoxy groups -OCH3 is 1. The van der Waals surface area contributed by atoms with E-state index in [0.29, 0.717) is 12.3 Å². The highest BCUT2D eigenvalue weighted by atomic mass is 16.5. The maximum Gasteiger partial charge on any atom is 0.223 e. The smallest absolute Gasteiger partial charge is 0.223 e. The normalized spacial score (nSPS) is 17.0. The number of carbonyl (C=O) groups excluding carboxylic acids is 1. The van der Waals surface area contributed by atoms with Gasteiger partial charge in [0.15, 0.2) is 5.76 Å². The van der Waals surface area contributed by atoms with Crippen LogP contribution in [0.25, 0.3) is 11.3 Å². The average molecular weight is 312 g/mol. The summed E-state index contributed by atoms with van der Waals surface area (Å²) in [5, 5.41) is 6.95. The molecule has 0 bridgehead atoms. The van der Waals surface area contributed by atoms with Crippen LogP contribution in [0.4, 0.5) is 0 Å². The van der Waals surface area contributed by atoms with Crippen LogP contribution in [0, 0.1) is 5.92 Å². The number of aromatic nitrogens is 1. The largest absolute Gasteiger partial charge is 0.497 e. The van der Waals surface area contributed by atoms with Crippen LogP contribution in [-0.2, 0) is 11.3 Å². The predicted octanol–water partition coefficient (Wildman–Crippen LogP) is 3.32. The van der Waals surface area contributed by atoms with Crippen molar-refractivity contribution in [2.75, 3.05) is 7.11 Å². The molecule has 5 heteroatoms. The Morgan fingerprint density at radius 3 is 2.87 bits per heavy atom. The topological polar surface area (TPSA) is 64.4 Å². The van der Waals surface area contributed by atoms with Gasteiger partial charge in [-0.15, -0.1) is 0 Å². The van der Waals surface area contributed by atoms with E-state index in [0.717, 1.165) is 36.3 Å². The highest BCUT2D eigenvalue weighted by molar-refractivity contribution is 5.78. The third-order valence-corrected chi connectivity index (χ3v) is 4.02. The summed E-state index contributed by atoms with van der Waals surface area (Å²) in [6.07, 6.45) is 6.91. The predicted molar refractivity (Wildman–Crippen MR) is 86.8 cm³/mol. The van der Waals surface area contributed by atoms with Crippen molar-refractivity contribution in [1.82, 2.24) is 10.5 Å². The molecule has 0 spiro atoms. The molecule has 2 aromatic rings. The first-order valence-corrected chi connectivity index (χ1v) is 7.79. The van der Waals surface area contributed by atoms with E-state index in [1.54, 1.807) is 7.11 Å². The van der Waals surface area contributed by atoms with Gasteiger partial charge in [0, 0.05) is 17.5 Å². The number of amides is 1. The van der Waals surface area contributed by atoms with Crippen molar-refractivity contribution >= 4 is 5.91 Å². The monoisotopic (exact) mass is 312 g/mol. The molecule has 1 aliphatic carbocycles. The summed E-state index contributed by atoms with van der Waals surface area (Å²) in [5.41, 5.74) is 1.64. The van der Waals surface area contributed by atoms with Gasteiger partial charge in [-0.2, -0.15) is 0 Å². The van der Waals surface area contributed by atoms with Gasteiger partial charge in [0.25, 0.3) is 0 Å². The first-order valence-electron chi connectivity index (χ1n) is 7.79. The van der Waals surface area contributed by atoms with Crippen LogP contribution in [0.3, 0.4) is 0 Å². The van der Waals surface area contributed by atoms with Crippen molar-refractivity contribution in [3.63, 3.8) is 0 Å². The molecule has 0 fully saturated rings. The third-order valence-electron chi connectivity index (χ3n) is 4.02. The van der Waals surface area contributed by atoms with E-state index in [9.17, 15) is 4.79 Å². The molecule has 0 aliphatic heterocycles. The van der Waals surface area contributed by atoms with Gasteiger partial charge in [-0.05, 0) is 43.5 Å². The molecule has 1 amide bonds. The van der Waals surface area contributed by atoms with E-state index in [4.69, 9.17) is 9.26 Å². The van der Waals surface area contributed by atoms with E-state index in [-0.39, 0.29) is 11.8 Å². The lowest BCUT2D eigenvalue weighted by Gasteiger charge is -2.16. The summed E-state index contributed by atoms with van der Waals surface area (Å²) >= 11 is 0. The first kappa shape index (κ1) is 15.3. The Morgan fingerprint density at radius 2 is 2.17 bits per heavy atom. The molecule has 0 saturated heterocycles. The van der Waals surface area contributed by atoms with Crippen LogP contribution >= 0.6 is 0 Å². The summed E-state index contributed by atoms with van der Waals surface area (Å²) in [7, 11) is 1.63. The molecule has 1 atom stereocenters. The van der Waals surface area contributed by atoms with Crippen LogP contribution in [0.5, 0.6) is 5.75 Å². The fraction of sp³-hybridized carbons (Fsp3) is 0.333. The lowest BCUT2D eigenvalue weighted by molar-refractivity contribution is -0.125. The third kappa shape index (κ3) is 3.80. The van der Waals surface area contributed by atoms with Crippen molar-refractivity contribution in [3.05, 3.63) is 48.2 Å². The summed E-state index contributed by atoms with van der Waals surface area (Å²) < 4.78 is 10.5. The summed E-state index contributed by atoms with van der Waals surface area (Å²) in [5.74, 6) is 1.64. The lowest BCUT2D eigenvalue weighted by atomic mass is 9.94. The van der Waals surface area contributed by atoms with Crippen molar-refractivity contribution in [2.45, 2.75) is 25.8 Å². The van der Waals surface area contributed by atoms with Gasteiger partial charge in [0.2, 0.25) is 5.91 Å². The van der Waals surface area contributed by atoms with Gasteiger partial charge < -0.3 is 14.6 Å². The van der Waals surface area contributed by atoms with E-state index in [1.807, 2.05) is 30.3 Å². The number of allylic oxidation sites excluding steroid dienone is 2. The highest BCUT2D eigenvalue weighted by Crippen LogP contribution is 2.23. The molecular formula is C18H20N2O3. The number of hydrogen-bond acceptors (Lipinski definition) is 4. The van der Waals surface area contributed by atoms with Crippen LogP contribution < -0.4 is 10.1 Å². The molecule has 1 aliphatic rings. The van der Waals surface area contributed by atoms with Crippen LogP contribution in [0.1, 0.15) is 25.0 Å². The summed E-state index contributed by atoms with van der Waals surface area (Å²) in [4.78, 5) is 12.1. The Kier molecular flexibility index (Phi) is 4.76. The number of ether oxygens (including phenoxy) is 1. The maximum absolute atomic E-state index is 12.1. The van der Waals surface area contributed by atoms with Crippen molar-refractivity contribution < 1.29 is 14.1 Å². The highest BCUT2D eigenvalue weighted by Gasteiger charge is 2.18. The molecule has 120 valence electrons. The fourth-order valence-corrected chi connectivity index (χ4v) is 2.64. The van der Waals surface area contributed by atoms with E-state index in [2.05, 4.69) is 22.6 Å². The zero-order valence-electron chi connectivity index (χ0n) is 13.1. The SMILES string of the molecule is COc1ccc(-c2cc(CNC(=O)[C@H]3CC=CCC3)no2)cc1. The second-order valence-electron chi connectivity index (χ2n) is 5.61. The maximum atomic E-state index is 12.1. The Hall–Kier alpha value is -2.56. The number of hydrogen-bond donors (Lipinski definition) is 1. The van der Waals surface area contributed by atoms with Crippen LogP contribution in [0.15, 0.2) is 47.0 Å². The molecule has 0 unspecified atom stereocenters. The van der Waals surface area contributed by atoms with Gasteiger partial charge in [0.05, 0.1) is 13.7 Å². The van der Waals surface area contributed by atoms with Gasteiger partial charge in [-0.1, -0.05) is 17.3 Å². The number of benzene rings is 1. The molecule has 1 heterocycles. The van der Waals surface area contributed by atoms with Crippen molar-refractivity contribution in [1.29, 1.82) is 0 Å². The minimum absolute atomic E-state index is 0.0768. The second-order valence-corrected chi connectivity index (χ2v) is 5.61. The molecule has 5 nitrogen and oxygen atoms in total. The minimum atomic E-state index is 0.0768. The average Bonchev–Trinajstić information content (AvgIpc) is 3.09. The standard InChI is InChI=1S/C18H20N2O3/c1-22-16-9-7-13(8-10-16)17-11-15(20-23-17)12-19-18(21)14-5-3-2-4-6-14/h2-3,7-11,14H,4-6,12H2,1H3,(H,19,21)/t14-/m0/s1. The number of rotatable bonds is 5. The van der Waals surface area contributed by atoms with Crippen LogP contribution in [-0.4, -0.2) is 18.2 Å². The minimum Gasteiger partial charge on any atom is -0.497 e. The van der Waals surface area contributed by atoms with Crippen LogP contribution in [0.2, 0.25) is 0 Å². The van der Waals surface area contributed by atoms with Gasteiger partial charge in [-0.3, -0.25) is 4.79 Å². The fourth-order valence-electron chi connectivity index (χ4n) is 2.64. The number of nitrogens with zero attached hydrogens (tertiary/aromatic N) is 1. The summed E-state index contributed by atoms with van der Waals surface area (Å²) in [6.45, 7) is 0.388. The van der Waals surface area contributed by atoms with Gasteiger partial charge in [0.1, 0.15) is 11.4 Å². The molecule has 3 rings (SSSR count). The zero-order chi connectivity index (χ0) is 16.1. The quantitative estimate of drug-likeness (QED) is 0.860. The zero-order valence-corrected chi connectivity index (χ0v) is 13.1. The molecular weight excluding hydrogens is 292 g/mol. The van der Waals surface area contributed by atoms with Gasteiger partial charge >= 0.3 is 0 Å². The Balaban J connectivity index is 1.58. The number of nitrogens with one attached hydrogen (secondary N) is 1. The Labute approximate surface area is 135 Å². The summed E-state index contributed by atoms with van der Waals surface area (Å²) in [6, 6.07) is 9.42. The first-order chi connectivity index (χ1) is 11.3. The van der Waals surface area contributed by atoms with Crippen molar-refractivity contribution in [3.8, 4) is 17.1 Å². The van der Waals surface area contributed by atoms with E-state index < -0.39 is 0 Å². The molecule has 23 heavy (non-hydrogen) atoms. The lowest BCUT2D eigenvalue weighted by Crippen LogP contribution is -2.30. The van der Waals surface area contributed by atoms with Gasteiger partial charge in [-0.25, -0.2) is 0 Å². The van der Waals surface area contributed by atoms with Crippen molar-refractivity contribution in [2.24, 2.45) is 5.92 Å². The van der Waals surface area contributed by atoms with E-state index in [1.165, 1.54) is 0 Å². The molecule has 1 aromatic heterocycles. The molecule has 0 saturated carbocycles. The molecule has 1 N–H and O–H groups in total. The second kappa shape index (κ2) is 7.13. The molecule has 1 aromatic carbocycles. The Bertz CT molecular complexity index is 689. The Morgan fingerprint density at radius 1 is 1.35 bits per heavy atom. The number of carbonyl (C=O) groups is 1. The molecule has 0 radical (unpaired) electrons. The van der Waals surface area contributed by atoms with E-state index >= 15 is 0 Å².